The maximum absolute atomic E-state index is 5.86. The number of hydrogen-bond acceptors (Lipinski definition) is 2. The van der Waals surface area contributed by atoms with Gasteiger partial charge < -0.3 is 5.73 Å². The highest BCUT2D eigenvalue weighted by Gasteiger charge is 2.27. The largest absolute Gasteiger partial charge is 0.397 e. The Hall–Kier alpha value is -1.05. The molecule has 0 aliphatic heterocycles. The summed E-state index contributed by atoms with van der Waals surface area (Å²) < 4.78 is 0. The first kappa shape index (κ1) is 6.65. The van der Waals surface area contributed by atoms with E-state index in [0.29, 0.717) is 5.92 Å². The van der Waals surface area contributed by atoms with Gasteiger partial charge in [-0.2, -0.15) is 0 Å². The summed E-state index contributed by atoms with van der Waals surface area (Å²) in [7, 11) is 0. The van der Waals surface area contributed by atoms with Gasteiger partial charge in [0.1, 0.15) is 0 Å². The minimum Gasteiger partial charge on any atom is -0.397 e. The first-order chi connectivity index (χ1) is 5.29. The summed E-state index contributed by atoms with van der Waals surface area (Å²) in [6, 6.07) is 1.96. The van der Waals surface area contributed by atoms with E-state index >= 15 is 0 Å². The first-order valence-electron chi connectivity index (χ1n) is 4.00. The number of anilines is 1. The van der Waals surface area contributed by atoms with Crippen LogP contribution in [-0.4, -0.2) is 4.98 Å². The molecular weight excluding hydrogens is 136 g/mol. The Morgan fingerprint density at radius 2 is 2.27 bits per heavy atom. The van der Waals surface area contributed by atoms with Crippen LogP contribution in [0.3, 0.4) is 0 Å². The predicted molar refractivity (Wildman–Crippen MR) is 45.4 cm³/mol. The van der Waals surface area contributed by atoms with Gasteiger partial charge in [-0.25, -0.2) is 0 Å². The van der Waals surface area contributed by atoms with Crippen LogP contribution in [0.5, 0.6) is 0 Å². The van der Waals surface area contributed by atoms with E-state index in [-0.39, 0.29) is 0 Å². The molecule has 2 N–H and O–H groups in total. The zero-order chi connectivity index (χ0) is 7.84. The van der Waals surface area contributed by atoms with Crippen molar-refractivity contribution in [2.75, 3.05) is 5.73 Å². The molecule has 1 aliphatic rings. The second-order valence-corrected chi connectivity index (χ2v) is 3.20. The van der Waals surface area contributed by atoms with Crippen molar-refractivity contribution in [3.8, 4) is 0 Å². The molecule has 1 saturated carbocycles. The number of aromatic nitrogens is 1. The predicted octanol–water partition coefficient (Wildman–Crippen LogP) is 1.85. The molecule has 1 aromatic heterocycles. The van der Waals surface area contributed by atoms with Gasteiger partial charge in [0.2, 0.25) is 0 Å². The lowest BCUT2D eigenvalue weighted by Crippen LogP contribution is -1.98. The minimum absolute atomic E-state index is 0.662. The van der Waals surface area contributed by atoms with Gasteiger partial charge in [-0.05, 0) is 31.4 Å². The molecule has 58 valence electrons. The normalized spacial score (nSPS) is 16.8. The molecule has 2 nitrogen and oxygen atoms in total. The maximum Gasteiger partial charge on any atom is 0.0666 e. The fraction of sp³-hybridized carbons (Fsp3) is 0.444. The summed E-state index contributed by atoms with van der Waals surface area (Å²) in [5.41, 5.74) is 9.03. The van der Waals surface area contributed by atoms with Crippen LogP contribution in [0.1, 0.15) is 30.0 Å². The third-order valence-electron chi connectivity index (χ3n) is 2.20. The van der Waals surface area contributed by atoms with Crippen molar-refractivity contribution < 1.29 is 0 Å². The van der Waals surface area contributed by atoms with E-state index in [1.165, 1.54) is 12.8 Å². The smallest absolute Gasteiger partial charge is 0.0666 e. The summed E-state index contributed by atoms with van der Waals surface area (Å²) >= 11 is 0. The summed E-state index contributed by atoms with van der Waals surface area (Å²) in [5, 5.41) is 0. The third kappa shape index (κ3) is 1.09. The van der Waals surface area contributed by atoms with Crippen LogP contribution in [0, 0.1) is 6.92 Å². The van der Waals surface area contributed by atoms with Crippen LogP contribution in [0.2, 0.25) is 0 Å². The number of aryl methyl sites for hydroxylation is 1. The molecule has 0 atom stereocenters. The molecule has 0 amide bonds. The molecule has 1 heterocycles. The topological polar surface area (TPSA) is 38.9 Å². The van der Waals surface area contributed by atoms with Crippen LogP contribution in [0.4, 0.5) is 5.69 Å². The second-order valence-electron chi connectivity index (χ2n) is 3.20. The second kappa shape index (κ2) is 2.22. The summed E-state index contributed by atoms with van der Waals surface area (Å²) in [6.07, 6.45) is 4.38. The average molecular weight is 148 g/mol. The standard InChI is InChI=1S/C9H12N2/c1-6-4-5-11-9(8(6)10)7-2-3-7/h4-5,7H,2-3,10H2,1H3. The van der Waals surface area contributed by atoms with Crippen molar-refractivity contribution in [2.24, 2.45) is 0 Å². The number of nitrogens with zero attached hydrogens (tertiary/aromatic N) is 1. The van der Waals surface area contributed by atoms with Crippen molar-refractivity contribution in [1.82, 2.24) is 4.98 Å². The van der Waals surface area contributed by atoms with Crippen LogP contribution in [-0.2, 0) is 0 Å². The van der Waals surface area contributed by atoms with Crippen molar-refractivity contribution in [3.63, 3.8) is 0 Å². The lowest BCUT2D eigenvalue weighted by molar-refractivity contribution is 1.02. The van der Waals surface area contributed by atoms with Crippen molar-refractivity contribution >= 4 is 5.69 Å². The highest BCUT2D eigenvalue weighted by molar-refractivity contribution is 5.52. The first-order valence-corrected chi connectivity index (χ1v) is 4.00. The van der Waals surface area contributed by atoms with Crippen molar-refractivity contribution in [1.29, 1.82) is 0 Å². The zero-order valence-corrected chi connectivity index (χ0v) is 6.67. The molecule has 11 heavy (non-hydrogen) atoms. The molecule has 0 unspecified atom stereocenters. The number of nitrogen functional groups attached to an aromatic ring is 1. The van der Waals surface area contributed by atoms with Gasteiger partial charge >= 0.3 is 0 Å². The van der Waals surface area contributed by atoms with E-state index in [1.54, 1.807) is 0 Å². The quantitative estimate of drug-likeness (QED) is 0.660. The molecule has 0 radical (unpaired) electrons. The van der Waals surface area contributed by atoms with E-state index in [2.05, 4.69) is 4.98 Å². The minimum atomic E-state index is 0.662. The Kier molecular flexibility index (Phi) is 1.34. The van der Waals surface area contributed by atoms with Gasteiger partial charge in [-0.3, -0.25) is 4.98 Å². The molecule has 1 aliphatic carbocycles. The highest BCUT2D eigenvalue weighted by Crippen LogP contribution is 2.41. The summed E-state index contributed by atoms with van der Waals surface area (Å²) in [5.74, 6) is 0.662. The average Bonchev–Trinajstić information content (AvgIpc) is 2.77. The van der Waals surface area contributed by atoms with E-state index in [9.17, 15) is 0 Å². The Morgan fingerprint density at radius 3 is 2.91 bits per heavy atom. The van der Waals surface area contributed by atoms with Gasteiger partial charge in [0.05, 0.1) is 11.4 Å². The monoisotopic (exact) mass is 148 g/mol. The van der Waals surface area contributed by atoms with E-state index in [4.69, 9.17) is 5.73 Å². The van der Waals surface area contributed by atoms with Gasteiger partial charge in [-0.15, -0.1) is 0 Å². The van der Waals surface area contributed by atoms with Gasteiger partial charge in [0, 0.05) is 12.1 Å². The highest BCUT2D eigenvalue weighted by atomic mass is 14.8. The molecule has 0 bridgehead atoms. The molecule has 1 fully saturated rings. The van der Waals surface area contributed by atoms with Gasteiger partial charge in [0.15, 0.2) is 0 Å². The summed E-state index contributed by atoms with van der Waals surface area (Å²) in [6.45, 7) is 2.03. The Bertz CT molecular complexity index is 277. The third-order valence-corrected chi connectivity index (χ3v) is 2.20. The van der Waals surface area contributed by atoms with Crippen LogP contribution in [0.15, 0.2) is 12.3 Å². The summed E-state index contributed by atoms with van der Waals surface area (Å²) in [4.78, 5) is 4.28. The zero-order valence-electron chi connectivity index (χ0n) is 6.67. The molecule has 0 aromatic carbocycles. The Balaban J connectivity index is 2.45. The Labute approximate surface area is 66.4 Å². The van der Waals surface area contributed by atoms with E-state index in [0.717, 1.165) is 16.9 Å². The molecule has 2 rings (SSSR count). The Morgan fingerprint density at radius 1 is 1.55 bits per heavy atom. The maximum atomic E-state index is 5.86. The molecule has 0 saturated heterocycles. The van der Waals surface area contributed by atoms with Gasteiger partial charge in [-0.1, -0.05) is 0 Å². The van der Waals surface area contributed by atoms with Crippen molar-refractivity contribution in [2.45, 2.75) is 25.7 Å². The SMILES string of the molecule is Cc1ccnc(C2CC2)c1N. The van der Waals surface area contributed by atoms with Crippen molar-refractivity contribution in [3.05, 3.63) is 23.5 Å². The van der Waals surface area contributed by atoms with Crippen LogP contribution < -0.4 is 5.73 Å². The molecule has 0 spiro atoms. The number of hydrogen-bond donors (Lipinski definition) is 1. The van der Waals surface area contributed by atoms with Crippen LogP contribution in [0.25, 0.3) is 0 Å². The number of rotatable bonds is 1. The number of pyridine rings is 1. The fourth-order valence-corrected chi connectivity index (χ4v) is 1.27. The van der Waals surface area contributed by atoms with Gasteiger partial charge in [0.25, 0.3) is 0 Å². The van der Waals surface area contributed by atoms with E-state index < -0.39 is 0 Å². The fourth-order valence-electron chi connectivity index (χ4n) is 1.27. The lowest BCUT2D eigenvalue weighted by atomic mass is 10.1. The van der Waals surface area contributed by atoms with E-state index in [1.807, 2.05) is 19.2 Å². The molecule has 1 aromatic rings. The lowest BCUT2D eigenvalue weighted by Gasteiger charge is -2.04. The molecular formula is C9H12N2. The molecule has 2 heteroatoms. The van der Waals surface area contributed by atoms with Crippen LogP contribution >= 0.6 is 0 Å². The number of nitrogens with two attached hydrogens (primary N) is 1.